The fraction of sp³-hybridized carbons (Fsp3) is 0.333. The van der Waals surface area contributed by atoms with Crippen LogP contribution < -0.4 is 10.2 Å². The molecular formula is C18H21N3O. The minimum absolute atomic E-state index is 0.170. The number of nitrogens with one attached hydrogen (secondary N) is 1. The number of carbonyl (C=O) groups is 1. The second-order valence-electron chi connectivity index (χ2n) is 5.85. The van der Waals surface area contributed by atoms with Crippen molar-refractivity contribution >= 4 is 17.3 Å². The number of anilines is 2. The van der Waals surface area contributed by atoms with Gasteiger partial charge in [0.1, 0.15) is 5.69 Å². The summed E-state index contributed by atoms with van der Waals surface area (Å²) in [6, 6.07) is 9.68. The van der Waals surface area contributed by atoms with Crippen LogP contribution >= 0.6 is 0 Å². The molecule has 1 aliphatic rings. The van der Waals surface area contributed by atoms with Gasteiger partial charge in [-0.15, -0.1) is 0 Å². The molecule has 0 spiro atoms. The Morgan fingerprint density at radius 2 is 1.86 bits per heavy atom. The lowest BCUT2D eigenvalue weighted by Gasteiger charge is -2.17. The Morgan fingerprint density at radius 3 is 2.50 bits per heavy atom. The first-order valence-corrected chi connectivity index (χ1v) is 7.73. The lowest BCUT2D eigenvalue weighted by atomic mass is 10.1. The Morgan fingerprint density at radius 1 is 1.09 bits per heavy atom. The molecule has 0 saturated carbocycles. The molecule has 1 aromatic heterocycles. The minimum Gasteiger partial charge on any atom is -0.370 e. The molecule has 4 heteroatoms. The maximum absolute atomic E-state index is 12.3. The number of benzene rings is 1. The molecular weight excluding hydrogens is 274 g/mol. The summed E-state index contributed by atoms with van der Waals surface area (Å²) in [7, 11) is 0. The molecule has 1 aromatic carbocycles. The van der Waals surface area contributed by atoms with Gasteiger partial charge in [-0.3, -0.25) is 4.79 Å². The quantitative estimate of drug-likeness (QED) is 0.942. The topological polar surface area (TPSA) is 45.2 Å². The van der Waals surface area contributed by atoms with E-state index in [1.807, 2.05) is 31.2 Å². The molecule has 1 aliphatic heterocycles. The van der Waals surface area contributed by atoms with Crippen molar-refractivity contribution in [2.24, 2.45) is 0 Å². The zero-order valence-electron chi connectivity index (χ0n) is 13.1. The number of aryl methyl sites for hydroxylation is 2. The number of carbonyl (C=O) groups excluding carboxylic acids is 1. The molecule has 0 atom stereocenters. The highest BCUT2D eigenvalue weighted by atomic mass is 16.1. The standard InChI is InChI=1S/C18H21N3O/c1-13-5-6-15(11-14(13)2)20-18(22)17-8-7-16(12-19-17)21-9-3-4-10-21/h5-8,11-12H,3-4,9-10H2,1-2H3,(H,20,22). The van der Waals surface area contributed by atoms with E-state index in [-0.39, 0.29) is 5.91 Å². The second kappa shape index (κ2) is 6.18. The van der Waals surface area contributed by atoms with Crippen LogP contribution in [-0.2, 0) is 0 Å². The van der Waals surface area contributed by atoms with E-state index in [1.165, 1.54) is 18.4 Å². The Kier molecular flexibility index (Phi) is 4.09. The molecule has 1 fully saturated rings. The van der Waals surface area contributed by atoms with Gasteiger partial charge < -0.3 is 10.2 Å². The third-order valence-electron chi connectivity index (χ3n) is 4.22. The van der Waals surface area contributed by atoms with Crippen LogP contribution in [0.2, 0.25) is 0 Å². The van der Waals surface area contributed by atoms with Crippen molar-refractivity contribution in [3.8, 4) is 0 Å². The lowest BCUT2D eigenvalue weighted by Crippen LogP contribution is -2.19. The molecule has 0 aliphatic carbocycles. The van der Waals surface area contributed by atoms with Crippen molar-refractivity contribution in [2.75, 3.05) is 23.3 Å². The smallest absolute Gasteiger partial charge is 0.274 e. The first-order valence-electron chi connectivity index (χ1n) is 7.73. The number of aromatic nitrogens is 1. The van der Waals surface area contributed by atoms with Crippen molar-refractivity contribution in [2.45, 2.75) is 26.7 Å². The predicted molar refractivity (Wildman–Crippen MR) is 89.6 cm³/mol. The third-order valence-corrected chi connectivity index (χ3v) is 4.22. The van der Waals surface area contributed by atoms with Gasteiger partial charge in [-0.25, -0.2) is 4.98 Å². The number of hydrogen-bond acceptors (Lipinski definition) is 3. The minimum atomic E-state index is -0.170. The molecule has 22 heavy (non-hydrogen) atoms. The first-order chi connectivity index (χ1) is 10.6. The van der Waals surface area contributed by atoms with Gasteiger partial charge in [-0.05, 0) is 62.1 Å². The molecule has 3 rings (SSSR count). The highest BCUT2D eigenvalue weighted by molar-refractivity contribution is 6.03. The number of nitrogens with zero attached hydrogens (tertiary/aromatic N) is 2. The first kappa shape index (κ1) is 14.6. The van der Waals surface area contributed by atoms with E-state index < -0.39 is 0 Å². The largest absolute Gasteiger partial charge is 0.370 e. The average Bonchev–Trinajstić information content (AvgIpc) is 3.05. The lowest BCUT2D eigenvalue weighted by molar-refractivity contribution is 0.102. The molecule has 2 heterocycles. The van der Waals surface area contributed by atoms with Crippen molar-refractivity contribution in [3.05, 3.63) is 53.3 Å². The van der Waals surface area contributed by atoms with Crippen LogP contribution in [0, 0.1) is 13.8 Å². The molecule has 0 radical (unpaired) electrons. The SMILES string of the molecule is Cc1ccc(NC(=O)c2ccc(N3CCCC3)cn2)cc1C. The summed E-state index contributed by atoms with van der Waals surface area (Å²) in [5.41, 5.74) is 4.72. The highest BCUT2D eigenvalue weighted by Crippen LogP contribution is 2.20. The fourth-order valence-corrected chi connectivity index (χ4v) is 2.70. The maximum Gasteiger partial charge on any atom is 0.274 e. The van der Waals surface area contributed by atoms with E-state index in [0.717, 1.165) is 30.0 Å². The van der Waals surface area contributed by atoms with Gasteiger partial charge in [0.05, 0.1) is 11.9 Å². The normalized spacial score (nSPS) is 14.2. The molecule has 0 unspecified atom stereocenters. The summed E-state index contributed by atoms with van der Waals surface area (Å²) >= 11 is 0. The Bertz CT molecular complexity index is 673. The van der Waals surface area contributed by atoms with Crippen LogP contribution in [-0.4, -0.2) is 24.0 Å². The van der Waals surface area contributed by atoms with E-state index in [2.05, 4.69) is 22.1 Å². The molecule has 1 amide bonds. The van der Waals surface area contributed by atoms with E-state index >= 15 is 0 Å². The van der Waals surface area contributed by atoms with Crippen LogP contribution in [0.15, 0.2) is 36.5 Å². The van der Waals surface area contributed by atoms with Gasteiger partial charge in [0, 0.05) is 18.8 Å². The van der Waals surface area contributed by atoms with E-state index in [0.29, 0.717) is 5.69 Å². The van der Waals surface area contributed by atoms with Gasteiger partial charge in [-0.2, -0.15) is 0 Å². The van der Waals surface area contributed by atoms with Gasteiger partial charge in [0.15, 0.2) is 0 Å². The third kappa shape index (κ3) is 3.11. The van der Waals surface area contributed by atoms with Crippen molar-refractivity contribution < 1.29 is 4.79 Å². The zero-order valence-corrected chi connectivity index (χ0v) is 13.1. The number of rotatable bonds is 3. The zero-order chi connectivity index (χ0) is 15.5. The number of pyridine rings is 1. The van der Waals surface area contributed by atoms with Crippen LogP contribution in [0.25, 0.3) is 0 Å². The van der Waals surface area contributed by atoms with Crippen LogP contribution in [0.4, 0.5) is 11.4 Å². The molecule has 2 aromatic rings. The molecule has 0 bridgehead atoms. The van der Waals surface area contributed by atoms with Crippen molar-refractivity contribution in [3.63, 3.8) is 0 Å². The fourth-order valence-electron chi connectivity index (χ4n) is 2.70. The maximum atomic E-state index is 12.3. The summed E-state index contributed by atoms with van der Waals surface area (Å²) in [5.74, 6) is -0.170. The molecule has 1 N–H and O–H groups in total. The Hall–Kier alpha value is -2.36. The summed E-state index contributed by atoms with van der Waals surface area (Å²) in [5, 5.41) is 2.90. The summed E-state index contributed by atoms with van der Waals surface area (Å²) < 4.78 is 0. The van der Waals surface area contributed by atoms with E-state index in [1.54, 1.807) is 12.3 Å². The monoisotopic (exact) mass is 295 g/mol. The van der Waals surface area contributed by atoms with Crippen LogP contribution in [0.5, 0.6) is 0 Å². The van der Waals surface area contributed by atoms with Crippen molar-refractivity contribution in [1.29, 1.82) is 0 Å². The average molecular weight is 295 g/mol. The summed E-state index contributed by atoms with van der Waals surface area (Å²) in [6.07, 6.45) is 4.25. The number of amides is 1. The molecule has 1 saturated heterocycles. The second-order valence-corrected chi connectivity index (χ2v) is 5.85. The Balaban J connectivity index is 1.70. The van der Waals surface area contributed by atoms with Gasteiger partial charge >= 0.3 is 0 Å². The predicted octanol–water partition coefficient (Wildman–Crippen LogP) is 3.55. The summed E-state index contributed by atoms with van der Waals surface area (Å²) in [6.45, 7) is 6.25. The van der Waals surface area contributed by atoms with E-state index in [9.17, 15) is 4.79 Å². The molecule has 114 valence electrons. The number of hydrogen-bond donors (Lipinski definition) is 1. The van der Waals surface area contributed by atoms with Gasteiger partial charge in [0.2, 0.25) is 0 Å². The highest BCUT2D eigenvalue weighted by Gasteiger charge is 2.14. The van der Waals surface area contributed by atoms with Crippen LogP contribution in [0.1, 0.15) is 34.5 Å². The Labute approximate surface area is 131 Å². The van der Waals surface area contributed by atoms with Gasteiger partial charge in [0.25, 0.3) is 5.91 Å². The van der Waals surface area contributed by atoms with E-state index in [4.69, 9.17) is 0 Å². The van der Waals surface area contributed by atoms with Gasteiger partial charge in [-0.1, -0.05) is 6.07 Å². The summed E-state index contributed by atoms with van der Waals surface area (Å²) in [4.78, 5) is 18.9. The molecule has 4 nitrogen and oxygen atoms in total. The van der Waals surface area contributed by atoms with Crippen LogP contribution in [0.3, 0.4) is 0 Å². The van der Waals surface area contributed by atoms with Crippen molar-refractivity contribution in [1.82, 2.24) is 4.98 Å².